The standard InChI is InChI=1S/C18H16FN3O/c1-22(2)15-9-3-12(4-10-15)11-16-18(23)21-17(20-16)13-5-7-14(19)8-6-13/h3-11H,1-2H3,(H,20,21,23)/b16-11+. The van der Waals surface area contributed by atoms with E-state index in [0.29, 0.717) is 17.1 Å². The Morgan fingerprint density at radius 1 is 1.04 bits per heavy atom. The van der Waals surface area contributed by atoms with Crippen molar-refractivity contribution in [1.82, 2.24) is 5.32 Å². The van der Waals surface area contributed by atoms with E-state index in [-0.39, 0.29) is 11.7 Å². The molecule has 2 aromatic rings. The van der Waals surface area contributed by atoms with E-state index in [9.17, 15) is 9.18 Å². The van der Waals surface area contributed by atoms with Gasteiger partial charge >= 0.3 is 0 Å². The molecule has 0 bridgehead atoms. The molecule has 4 nitrogen and oxygen atoms in total. The summed E-state index contributed by atoms with van der Waals surface area (Å²) in [6, 6.07) is 13.7. The third kappa shape index (κ3) is 3.29. The number of aliphatic imine (C=N–C) groups is 1. The SMILES string of the molecule is CN(C)c1ccc(/C=C2/N=C(c3ccc(F)cc3)NC2=O)cc1. The van der Waals surface area contributed by atoms with E-state index in [0.717, 1.165) is 11.3 Å². The van der Waals surface area contributed by atoms with Gasteiger partial charge in [-0.25, -0.2) is 9.38 Å². The Labute approximate surface area is 134 Å². The van der Waals surface area contributed by atoms with Crippen LogP contribution in [0.1, 0.15) is 11.1 Å². The maximum absolute atomic E-state index is 13.0. The van der Waals surface area contributed by atoms with Gasteiger partial charge in [-0.3, -0.25) is 4.79 Å². The quantitative estimate of drug-likeness (QED) is 0.886. The molecule has 116 valence electrons. The summed E-state index contributed by atoms with van der Waals surface area (Å²) in [7, 11) is 3.94. The number of anilines is 1. The van der Waals surface area contributed by atoms with E-state index in [1.165, 1.54) is 12.1 Å². The average Bonchev–Trinajstić information content (AvgIpc) is 2.89. The minimum atomic E-state index is -0.324. The molecule has 0 radical (unpaired) electrons. The highest BCUT2D eigenvalue weighted by Gasteiger charge is 2.20. The molecule has 1 N–H and O–H groups in total. The smallest absolute Gasteiger partial charge is 0.275 e. The summed E-state index contributed by atoms with van der Waals surface area (Å²) in [5, 5.41) is 2.70. The molecule has 1 heterocycles. The Kier molecular flexibility index (Phi) is 3.93. The fraction of sp³-hybridized carbons (Fsp3) is 0.111. The number of hydrogen-bond donors (Lipinski definition) is 1. The molecule has 2 aromatic carbocycles. The van der Waals surface area contributed by atoms with E-state index in [4.69, 9.17) is 0 Å². The molecule has 0 saturated heterocycles. The molecular weight excluding hydrogens is 293 g/mol. The molecule has 0 aliphatic carbocycles. The second-order valence-corrected chi connectivity index (χ2v) is 5.44. The van der Waals surface area contributed by atoms with Crippen LogP contribution in [0.4, 0.5) is 10.1 Å². The highest BCUT2D eigenvalue weighted by molar-refractivity contribution is 6.19. The summed E-state index contributed by atoms with van der Waals surface area (Å²) in [5.74, 6) is -0.150. The van der Waals surface area contributed by atoms with Crippen LogP contribution in [-0.4, -0.2) is 25.8 Å². The normalized spacial score (nSPS) is 15.5. The van der Waals surface area contributed by atoms with E-state index in [1.54, 1.807) is 18.2 Å². The molecule has 5 heteroatoms. The molecule has 0 aromatic heterocycles. The number of carbonyl (C=O) groups is 1. The molecule has 0 fully saturated rings. The van der Waals surface area contributed by atoms with E-state index >= 15 is 0 Å². The predicted octanol–water partition coefficient (Wildman–Crippen LogP) is 2.81. The van der Waals surface area contributed by atoms with Gasteiger partial charge in [0.25, 0.3) is 5.91 Å². The number of nitrogens with zero attached hydrogens (tertiary/aromatic N) is 2. The van der Waals surface area contributed by atoms with Crippen molar-refractivity contribution in [2.24, 2.45) is 4.99 Å². The summed E-state index contributed by atoms with van der Waals surface area (Å²) >= 11 is 0. The molecule has 1 amide bonds. The minimum absolute atomic E-state index is 0.263. The zero-order valence-electron chi connectivity index (χ0n) is 12.9. The Morgan fingerprint density at radius 2 is 1.70 bits per heavy atom. The van der Waals surface area contributed by atoms with Crippen molar-refractivity contribution in [2.45, 2.75) is 0 Å². The lowest BCUT2D eigenvalue weighted by Gasteiger charge is -2.11. The number of amidine groups is 1. The van der Waals surface area contributed by atoms with Gasteiger partial charge in [0.1, 0.15) is 17.3 Å². The van der Waals surface area contributed by atoms with Gasteiger partial charge in [-0.2, -0.15) is 0 Å². The first-order chi connectivity index (χ1) is 11.0. The summed E-state index contributed by atoms with van der Waals surface area (Å²) in [4.78, 5) is 18.3. The lowest BCUT2D eigenvalue weighted by molar-refractivity contribution is -0.115. The zero-order chi connectivity index (χ0) is 16.4. The molecule has 3 rings (SSSR count). The van der Waals surface area contributed by atoms with E-state index < -0.39 is 0 Å². The van der Waals surface area contributed by atoms with Crippen LogP contribution in [0.5, 0.6) is 0 Å². The molecule has 23 heavy (non-hydrogen) atoms. The van der Waals surface area contributed by atoms with Crippen LogP contribution >= 0.6 is 0 Å². The van der Waals surface area contributed by atoms with Crippen molar-refractivity contribution in [2.75, 3.05) is 19.0 Å². The van der Waals surface area contributed by atoms with Crippen LogP contribution in [-0.2, 0) is 4.79 Å². The second-order valence-electron chi connectivity index (χ2n) is 5.44. The highest BCUT2D eigenvalue weighted by Crippen LogP contribution is 2.18. The minimum Gasteiger partial charge on any atom is -0.378 e. The van der Waals surface area contributed by atoms with Crippen LogP contribution < -0.4 is 10.2 Å². The molecular formula is C18H16FN3O. The van der Waals surface area contributed by atoms with Crippen molar-refractivity contribution >= 4 is 23.5 Å². The summed E-state index contributed by atoms with van der Waals surface area (Å²) < 4.78 is 13.0. The van der Waals surface area contributed by atoms with Crippen molar-refractivity contribution in [3.05, 3.63) is 71.2 Å². The summed E-state index contributed by atoms with van der Waals surface area (Å²) in [6.07, 6.45) is 1.73. The van der Waals surface area contributed by atoms with Gasteiger partial charge in [0.15, 0.2) is 0 Å². The van der Waals surface area contributed by atoms with Crippen LogP contribution in [0.2, 0.25) is 0 Å². The van der Waals surface area contributed by atoms with Gasteiger partial charge < -0.3 is 10.2 Å². The van der Waals surface area contributed by atoms with Crippen LogP contribution in [0.15, 0.2) is 59.2 Å². The Morgan fingerprint density at radius 3 is 2.30 bits per heavy atom. The van der Waals surface area contributed by atoms with Crippen molar-refractivity contribution < 1.29 is 9.18 Å². The van der Waals surface area contributed by atoms with Gasteiger partial charge in [-0.15, -0.1) is 0 Å². The first kappa shape index (κ1) is 15.0. The lowest BCUT2D eigenvalue weighted by Crippen LogP contribution is -2.24. The van der Waals surface area contributed by atoms with Crippen molar-refractivity contribution in [1.29, 1.82) is 0 Å². The fourth-order valence-corrected chi connectivity index (χ4v) is 2.24. The molecule has 1 aliphatic heterocycles. The van der Waals surface area contributed by atoms with Crippen molar-refractivity contribution in [3.63, 3.8) is 0 Å². The van der Waals surface area contributed by atoms with Crippen LogP contribution in [0.3, 0.4) is 0 Å². The third-order valence-electron chi connectivity index (χ3n) is 3.53. The number of nitrogens with one attached hydrogen (secondary N) is 1. The van der Waals surface area contributed by atoms with E-state index in [2.05, 4.69) is 10.3 Å². The number of hydrogen-bond acceptors (Lipinski definition) is 3. The van der Waals surface area contributed by atoms with Gasteiger partial charge in [0, 0.05) is 25.3 Å². The van der Waals surface area contributed by atoms with E-state index in [1.807, 2.05) is 43.3 Å². The highest BCUT2D eigenvalue weighted by atomic mass is 19.1. The van der Waals surface area contributed by atoms with Gasteiger partial charge in [0.2, 0.25) is 0 Å². The molecule has 0 spiro atoms. The number of rotatable bonds is 3. The van der Waals surface area contributed by atoms with Crippen LogP contribution in [0, 0.1) is 5.82 Å². The lowest BCUT2D eigenvalue weighted by atomic mass is 10.1. The number of amides is 1. The Balaban J connectivity index is 1.87. The largest absolute Gasteiger partial charge is 0.378 e. The maximum Gasteiger partial charge on any atom is 0.275 e. The predicted molar refractivity (Wildman–Crippen MR) is 89.8 cm³/mol. The third-order valence-corrected chi connectivity index (χ3v) is 3.53. The topological polar surface area (TPSA) is 44.7 Å². The summed E-state index contributed by atoms with van der Waals surface area (Å²) in [6.45, 7) is 0. The molecule has 1 aliphatic rings. The second kappa shape index (κ2) is 6.04. The van der Waals surface area contributed by atoms with Gasteiger partial charge in [0.05, 0.1) is 0 Å². The van der Waals surface area contributed by atoms with Crippen LogP contribution in [0.25, 0.3) is 6.08 Å². The van der Waals surface area contributed by atoms with Gasteiger partial charge in [-0.05, 0) is 48.0 Å². The summed E-state index contributed by atoms with van der Waals surface area (Å²) in [5.41, 5.74) is 2.98. The molecule has 0 saturated carbocycles. The first-order valence-electron chi connectivity index (χ1n) is 7.18. The van der Waals surface area contributed by atoms with Crippen molar-refractivity contribution in [3.8, 4) is 0 Å². The molecule has 0 unspecified atom stereocenters. The zero-order valence-corrected chi connectivity index (χ0v) is 12.9. The number of carbonyl (C=O) groups excluding carboxylic acids is 1. The monoisotopic (exact) mass is 309 g/mol. The van der Waals surface area contributed by atoms with Gasteiger partial charge in [-0.1, -0.05) is 12.1 Å². The Hall–Kier alpha value is -2.95. The Bertz CT molecular complexity index is 790. The average molecular weight is 309 g/mol. The number of halogens is 1. The fourth-order valence-electron chi connectivity index (χ4n) is 2.24. The molecule has 0 atom stereocenters. The maximum atomic E-state index is 13.0. The first-order valence-corrected chi connectivity index (χ1v) is 7.18. The number of benzene rings is 2.